The molecular weight excluding hydrogens is 388 g/mol. The molecule has 0 bridgehead atoms. The van der Waals surface area contributed by atoms with Gasteiger partial charge >= 0.3 is 5.97 Å². The topological polar surface area (TPSA) is 72.5 Å². The van der Waals surface area contributed by atoms with Crippen LogP contribution < -0.4 is 0 Å². The van der Waals surface area contributed by atoms with Gasteiger partial charge in [-0.05, 0) is 39.0 Å². The van der Waals surface area contributed by atoms with Gasteiger partial charge in [0.1, 0.15) is 30.0 Å². The standard InChI is InChI=1S/C23H34O7/c1-2-25-20(24)15-13-23(15)19-18(28-22(30-19)11-7-4-8-12-22)17(29-23)16-14-26-21(27-16)9-5-3-6-10-21/h15-19H,2-14H2,1H3/t15-,16+,17+,18-,19-,23+/m0/s1. The first kappa shape index (κ1) is 19.9. The molecule has 3 aliphatic heterocycles. The molecule has 0 radical (unpaired) electrons. The lowest BCUT2D eigenvalue weighted by Gasteiger charge is -2.35. The first-order valence-electron chi connectivity index (χ1n) is 12.1. The van der Waals surface area contributed by atoms with E-state index in [0.717, 1.165) is 51.4 Å². The highest BCUT2D eigenvalue weighted by Gasteiger charge is 2.77. The van der Waals surface area contributed by atoms with Crippen molar-refractivity contribution in [3.63, 3.8) is 0 Å². The van der Waals surface area contributed by atoms with Gasteiger partial charge in [-0.25, -0.2) is 0 Å². The second-order valence-corrected chi connectivity index (χ2v) is 10.1. The molecule has 6 atom stereocenters. The van der Waals surface area contributed by atoms with Crippen molar-refractivity contribution in [3.05, 3.63) is 0 Å². The zero-order valence-corrected chi connectivity index (χ0v) is 17.9. The molecule has 7 nitrogen and oxygen atoms in total. The van der Waals surface area contributed by atoms with Crippen LogP contribution in [0.2, 0.25) is 0 Å². The third-order valence-corrected chi connectivity index (χ3v) is 8.15. The van der Waals surface area contributed by atoms with Crippen LogP contribution in [0.4, 0.5) is 0 Å². The van der Waals surface area contributed by atoms with Crippen molar-refractivity contribution >= 4 is 5.97 Å². The van der Waals surface area contributed by atoms with Gasteiger partial charge in [0.15, 0.2) is 11.6 Å². The number of rotatable bonds is 3. The highest BCUT2D eigenvalue weighted by atomic mass is 16.8. The molecular formula is C23H34O7. The fraction of sp³-hybridized carbons (Fsp3) is 0.957. The van der Waals surface area contributed by atoms with Crippen molar-refractivity contribution in [2.75, 3.05) is 13.2 Å². The molecule has 6 rings (SSSR count). The van der Waals surface area contributed by atoms with Gasteiger partial charge in [0.05, 0.1) is 19.1 Å². The predicted octanol–water partition coefficient (Wildman–Crippen LogP) is 3.23. The van der Waals surface area contributed by atoms with Crippen LogP contribution in [-0.4, -0.2) is 60.8 Å². The molecule has 0 aromatic heterocycles. The first-order chi connectivity index (χ1) is 14.6. The van der Waals surface area contributed by atoms with E-state index in [-0.39, 0.29) is 36.3 Å². The number of carbonyl (C=O) groups is 1. The summed E-state index contributed by atoms with van der Waals surface area (Å²) in [6.45, 7) is 2.74. The van der Waals surface area contributed by atoms with Gasteiger partial charge in [-0.15, -0.1) is 0 Å². The molecule has 168 valence electrons. The van der Waals surface area contributed by atoms with E-state index in [1.807, 2.05) is 6.92 Å². The summed E-state index contributed by atoms with van der Waals surface area (Å²) in [5, 5.41) is 0. The lowest BCUT2D eigenvalue weighted by atomic mass is 9.94. The Kier molecular flexibility index (Phi) is 4.74. The molecule has 3 aliphatic carbocycles. The molecule has 0 aromatic carbocycles. The van der Waals surface area contributed by atoms with Gasteiger partial charge in [0.25, 0.3) is 0 Å². The Morgan fingerprint density at radius 3 is 2.27 bits per heavy atom. The smallest absolute Gasteiger partial charge is 0.312 e. The highest BCUT2D eigenvalue weighted by Crippen LogP contribution is 2.62. The second-order valence-electron chi connectivity index (χ2n) is 10.1. The summed E-state index contributed by atoms with van der Waals surface area (Å²) >= 11 is 0. The van der Waals surface area contributed by atoms with Crippen LogP contribution in [0.3, 0.4) is 0 Å². The third-order valence-electron chi connectivity index (χ3n) is 8.15. The zero-order valence-electron chi connectivity index (χ0n) is 17.9. The fourth-order valence-electron chi connectivity index (χ4n) is 6.58. The van der Waals surface area contributed by atoms with E-state index in [1.165, 1.54) is 12.8 Å². The number of carbonyl (C=O) groups excluding carboxylic acids is 1. The summed E-state index contributed by atoms with van der Waals surface area (Å²) < 4.78 is 37.9. The number of hydrogen-bond donors (Lipinski definition) is 0. The Morgan fingerprint density at radius 1 is 0.867 bits per heavy atom. The normalized spacial score (nSPS) is 45.8. The predicted molar refractivity (Wildman–Crippen MR) is 105 cm³/mol. The van der Waals surface area contributed by atoms with Crippen LogP contribution in [-0.2, 0) is 33.2 Å². The second kappa shape index (κ2) is 7.14. The fourth-order valence-corrected chi connectivity index (χ4v) is 6.58. The van der Waals surface area contributed by atoms with Crippen LogP contribution in [0.1, 0.15) is 77.6 Å². The summed E-state index contributed by atoms with van der Waals surface area (Å²) in [6.07, 6.45) is 10.5. The van der Waals surface area contributed by atoms with Crippen LogP contribution in [0.25, 0.3) is 0 Å². The maximum atomic E-state index is 12.5. The minimum atomic E-state index is -0.631. The molecule has 0 amide bonds. The van der Waals surface area contributed by atoms with Crippen LogP contribution in [0.5, 0.6) is 0 Å². The molecule has 7 heteroatoms. The number of ether oxygens (including phenoxy) is 6. The van der Waals surface area contributed by atoms with Gasteiger partial charge in [-0.3, -0.25) is 4.79 Å². The SMILES string of the molecule is CCOC(=O)[C@@H]1C[C@@]12O[C@H]([C@H]1COC3(CCCCC3)O1)[C@@H]1OC3(CCCCC3)O[C@@H]12. The molecule has 3 spiro atoms. The molecule has 3 saturated heterocycles. The number of hydrogen-bond acceptors (Lipinski definition) is 7. The zero-order chi connectivity index (χ0) is 20.4. The van der Waals surface area contributed by atoms with Crippen molar-refractivity contribution in [3.8, 4) is 0 Å². The number of esters is 1. The average molecular weight is 423 g/mol. The molecule has 3 saturated carbocycles. The molecule has 6 fully saturated rings. The average Bonchev–Trinajstić information content (AvgIpc) is 3.01. The molecule has 0 unspecified atom stereocenters. The highest BCUT2D eigenvalue weighted by molar-refractivity contribution is 5.78. The van der Waals surface area contributed by atoms with E-state index < -0.39 is 17.2 Å². The lowest BCUT2D eigenvalue weighted by molar-refractivity contribution is -0.244. The van der Waals surface area contributed by atoms with E-state index in [2.05, 4.69) is 0 Å². The number of fused-ring (bicyclic) bond motifs is 2. The molecule has 0 N–H and O–H groups in total. The van der Waals surface area contributed by atoms with Gasteiger partial charge in [-0.1, -0.05) is 12.8 Å². The maximum absolute atomic E-state index is 12.5. The Morgan fingerprint density at radius 2 is 1.57 bits per heavy atom. The molecule has 6 aliphatic rings. The Bertz CT molecular complexity index is 683. The summed E-state index contributed by atoms with van der Waals surface area (Å²) in [4.78, 5) is 12.5. The third kappa shape index (κ3) is 2.99. The van der Waals surface area contributed by atoms with Crippen LogP contribution >= 0.6 is 0 Å². The summed E-state index contributed by atoms with van der Waals surface area (Å²) in [5.74, 6) is -1.43. The summed E-state index contributed by atoms with van der Waals surface area (Å²) in [5.41, 5.74) is -0.631. The van der Waals surface area contributed by atoms with Crippen molar-refractivity contribution in [2.24, 2.45) is 5.92 Å². The Labute approximate surface area is 178 Å². The van der Waals surface area contributed by atoms with E-state index in [0.29, 0.717) is 19.6 Å². The van der Waals surface area contributed by atoms with Crippen molar-refractivity contribution in [2.45, 2.75) is 119 Å². The van der Waals surface area contributed by atoms with Crippen molar-refractivity contribution in [1.82, 2.24) is 0 Å². The monoisotopic (exact) mass is 422 g/mol. The van der Waals surface area contributed by atoms with Gasteiger partial charge in [0.2, 0.25) is 0 Å². The first-order valence-corrected chi connectivity index (χ1v) is 12.1. The molecule has 3 heterocycles. The Balaban J connectivity index is 1.25. The van der Waals surface area contributed by atoms with Gasteiger partial charge in [-0.2, -0.15) is 0 Å². The van der Waals surface area contributed by atoms with Crippen LogP contribution in [0, 0.1) is 5.92 Å². The van der Waals surface area contributed by atoms with E-state index >= 15 is 0 Å². The van der Waals surface area contributed by atoms with Crippen molar-refractivity contribution in [1.29, 1.82) is 0 Å². The van der Waals surface area contributed by atoms with E-state index in [1.54, 1.807) is 0 Å². The summed E-state index contributed by atoms with van der Waals surface area (Å²) in [6, 6.07) is 0. The van der Waals surface area contributed by atoms with Crippen LogP contribution in [0.15, 0.2) is 0 Å². The van der Waals surface area contributed by atoms with Gasteiger partial charge < -0.3 is 28.4 Å². The lowest BCUT2D eigenvalue weighted by Crippen LogP contribution is -2.43. The minimum absolute atomic E-state index is 0.180. The minimum Gasteiger partial charge on any atom is -0.466 e. The quantitative estimate of drug-likeness (QED) is 0.647. The van der Waals surface area contributed by atoms with Crippen molar-refractivity contribution < 1.29 is 33.2 Å². The molecule has 0 aromatic rings. The molecule has 30 heavy (non-hydrogen) atoms. The Hall–Kier alpha value is -0.730. The largest absolute Gasteiger partial charge is 0.466 e. The van der Waals surface area contributed by atoms with Gasteiger partial charge in [0, 0.05) is 25.7 Å². The van der Waals surface area contributed by atoms with E-state index in [4.69, 9.17) is 28.4 Å². The maximum Gasteiger partial charge on any atom is 0.312 e. The summed E-state index contributed by atoms with van der Waals surface area (Å²) in [7, 11) is 0. The van der Waals surface area contributed by atoms with E-state index in [9.17, 15) is 4.79 Å².